The molecule has 3 rings (SSSR count). The molecule has 1 N–H and O–H groups in total. The lowest BCUT2D eigenvalue weighted by Crippen LogP contribution is -2.63. The number of para-hydroxylation sites is 1. The number of fused-ring (bicyclic) bond motifs is 1. The van der Waals surface area contributed by atoms with Crippen molar-refractivity contribution in [1.82, 2.24) is 0 Å². The van der Waals surface area contributed by atoms with E-state index in [9.17, 15) is 4.79 Å². The highest BCUT2D eigenvalue weighted by Crippen LogP contribution is 2.46. The van der Waals surface area contributed by atoms with E-state index < -0.39 is 0 Å². The maximum absolute atomic E-state index is 12.8. The standard InChI is InChI=1S/C17H24N2O/c1-12(2)19-14-9-7-8-13(3)15(14)18-16(20)17(19)10-5-4-6-11-17/h7-9,12H,4-6,10-11H2,1-3H3,(H,18,20). The summed E-state index contributed by atoms with van der Waals surface area (Å²) in [6, 6.07) is 6.64. The van der Waals surface area contributed by atoms with Crippen LogP contribution in [0.1, 0.15) is 51.5 Å². The number of rotatable bonds is 1. The smallest absolute Gasteiger partial charge is 0.250 e. The molecule has 2 aliphatic rings. The summed E-state index contributed by atoms with van der Waals surface area (Å²) in [7, 11) is 0. The van der Waals surface area contributed by atoms with Crippen LogP contribution in [0.4, 0.5) is 11.4 Å². The van der Waals surface area contributed by atoms with Crippen molar-refractivity contribution in [2.45, 2.75) is 64.5 Å². The van der Waals surface area contributed by atoms with E-state index in [1.54, 1.807) is 0 Å². The second kappa shape index (κ2) is 4.80. The van der Waals surface area contributed by atoms with Gasteiger partial charge >= 0.3 is 0 Å². The van der Waals surface area contributed by atoms with Crippen molar-refractivity contribution in [1.29, 1.82) is 0 Å². The third kappa shape index (κ3) is 1.83. The topological polar surface area (TPSA) is 32.3 Å². The first-order chi connectivity index (χ1) is 9.56. The van der Waals surface area contributed by atoms with Crippen LogP contribution in [-0.4, -0.2) is 17.5 Å². The molecule has 1 aliphatic heterocycles. The average Bonchev–Trinajstić information content (AvgIpc) is 2.42. The van der Waals surface area contributed by atoms with Crippen LogP contribution in [0.15, 0.2) is 18.2 Å². The Morgan fingerprint density at radius 1 is 1.20 bits per heavy atom. The molecule has 3 heteroatoms. The van der Waals surface area contributed by atoms with Crippen LogP contribution in [0.25, 0.3) is 0 Å². The number of nitrogens with one attached hydrogen (secondary N) is 1. The van der Waals surface area contributed by atoms with E-state index in [0.717, 1.165) is 36.9 Å². The first-order valence-electron chi connectivity index (χ1n) is 7.77. The molecule has 108 valence electrons. The largest absolute Gasteiger partial charge is 0.353 e. The number of carbonyl (C=O) groups excluding carboxylic acids is 1. The van der Waals surface area contributed by atoms with Gasteiger partial charge in [0.1, 0.15) is 5.54 Å². The summed E-state index contributed by atoms with van der Waals surface area (Å²) in [5.41, 5.74) is 3.02. The van der Waals surface area contributed by atoms with Gasteiger partial charge < -0.3 is 10.2 Å². The van der Waals surface area contributed by atoms with Gasteiger partial charge in [-0.1, -0.05) is 31.4 Å². The fraction of sp³-hybridized carbons (Fsp3) is 0.588. The minimum Gasteiger partial charge on any atom is -0.353 e. The summed E-state index contributed by atoms with van der Waals surface area (Å²) in [5.74, 6) is 0.202. The van der Waals surface area contributed by atoms with Gasteiger partial charge in [0, 0.05) is 6.04 Å². The number of amides is 1. The van der Waals surface area contributed by atoms with Gasteiger partial charge in [-0.05, 0) is 45.2 Å². The van der Waals surface area contributed by atoms with Crippen molar-refractivity contribution >= 4 is 17.3 Å². The molecule has 0 aromatic heterocycles. The van der Waals surface area contributed by atoms with Crippen LogP contribution in [0.3, 0.4) is 0 Å². The van der Waals surface area contributed by atoms with Crippen LogP contribution in [0.2, 0.25) is 0 Å². The highest BCUT2D eigenvalue weighted by atomic mass is 16.2. The molecule has 20 heavy (non-hydrogen) atoms. The van der Waals surface area contributed by atoms with Gasteiger partial charge in [0.05, 0.1) is 11.4 Å². The van der Waals surface area contributed by atoms with E-state index in [-0.39, 0.29) is 11.4 Å². The van der Waals surface area contributed by atoms with E-state index in [4.69, 9.17) is 0 Å². The number of nitrogens with zero attached hydrogens (tertiary/aromatic N) is 1. The van der Waals surface area contributed by atoms with Crippen molar-refractivity contribution in [3.05, 3.63) is 23.8 Å². The average molecular weight is 272 g/mol. The Labute approximate surface area is 121 Å². The second-order valence-electron chi connectivity index (χ2n) is 6.48. The van der Waals surface area contributed by atoms with Crippen molar-refractivity contribution < 1.29 is 4.79 Å². The molecule has 1 aromatic carbocycles. The fourth-order valence-corrected chi connectivity index (χ4v) is 3.96. The Kier molecular flexibility index (Phi) is 3.23. The molecule has 1 amide bonds. The molecular weight excluding hydrogens is 248 g/mol. The van der Waals surface area contributed by atoms with Crippen molar-refractivity contribution in [2.24, 2.45) is 0 Å². The summed E-state index contributed by atoms with van der Waals surface area (Å²) in [5, 5.41) is 3.19. The minimum absolute atomic E-state index is 0.202. The lowest BCUT2D eigenvalue weighted by atomic mass is 9.77. The lowest BCUT2D eigenvalue weighted by molar-refractivity contribution is -0.123. The Hall–Kier alpha value is -1.51. The second-order valence-corrected chi connectivity index (χ2v) is 6.48. The van der Waals surface area contributed by atoms with Gasteiger partial charge in [0.2, 0.25) is 5.91 Å². The van der Waals surface area contributed by atoms with Gasteiger partial charge in [-0.25, -0.2) is 0 Å². The SMILES string of the molecule is Cc1cccc2c1NC(=O)C1(CCCCC1)N2C(C)C. The van der Waals surface area contributed by atoms with E-state index in [1.165, 1.54) is 12.1 Å². The molecule has 0 bridgehead atoms. The normalized spacial score (nSPS) is 21.0. The highest BCUT2D eigenvalue weighted by molar-refractivity contribution is 6.07. The number of hydrogen-bond acceptors (Lipinski definition) is 2. The molecule has 1 saturated carbocycles. The first kappa shape index (κ1) is 13.5. The van der Waals surface area contributed by atoms with Gasteiger partial charge in [-0.3, -0.25) is 4.79 Å². The third-order valence-electron chi connectivity index (χ3n) is 4.83. The molecule has 3 nitrogen and oxygen atoms in total. The van der Waals surface area contributed by atoms with E-state index in [2.05, 4.69) is 49.2 Å². The summed E-state index contributed by atoms with van der Waals surface area (Å²) in [6.07, 6.45) is 5.51. The number of carbonyl (C=O) groups is 1. The van der Waals surface area contributed by atoms with Crippen LogP contribution < -0.4 is 10.2 Å². The molecular formula is C17H24N2O. The summed E-state index contributed by atoms with van der Waals surface area (Å²) >= 11 is 0. The molecule has 1 fully saturated rings. The summed E-state index contributed by atoms with van der Waals surface area (Å²) in [6.45, 7) is 6.46. The number of anilines is 2. The van der Waals surface area contributed by atoms with Crippen LogP contribution >= 0.6 is 0 Å². The predicted molar refractivity (Wildman–Crippen MR) is 83.2 cm³/mol. The van der Waals surface area contributed by atoms with Crippen molar-refractivity contribution in [3.63, 3.8) is 0 Å². The maximum atomic E-state index is 12.8. The van der Waals surface area contributed by atoms with Gasteiger partial charge in [-0.2, -0.15) is 0 Å². The highest BCUT2D eigenvalue weighted by Gasteiger charge is 2.49. The van der Waals surface area contributed by atoms with E-state index in [1.807, 2.05) is 0 Å². The quantitative estimate of drug-likeness (QED) is 0.841. The molecule has 0 saturated heterocycles. The Morgan fingerprint density at radius 2 is 1.90 bits per heavy atom. The van der Waals surface area contributed by atoms with Crippen LogP contribution in [0.5, 0.6) is 0 Å². The van der Waals surface area contributed by atoms with Crippen molar-refractivity contribution in [2.75, 3.05) is 10.2 Å². The maximum Gasteiger partial charge on any atom is 0.250 e. The molecule has 1 heterocycles. The molecule has 0 atom stereocenters. The van der Waals surface area contributed by atoms with Crippen LogP contribution in [0, 0.1) is 6.92 Å². The third-order valence-corrected chi connectivity index (χ3v) is 4.83. The number of hydrogen-bond donors (Lipinski definition) is 1. The predicted octanol–water partition coefficient (Wildman–Crippen LogP) is 3.86. The molecule has 1 spiro atoms. The molecule has 0 unspecified atom stereocenters. The zero-order valence-electron chi connectivity index (χ0n) is 12.7. The number of aryl methyl sites for hydroxylation is 1. The Morgan fingerprint density at radius 3 is 2.55 bits per heavy atom. The number of benzene rings is 1. The van der Waals surface area contributed by atoms with Crippen molar-refractivity contribution in [3.8, 4) is 0 Å². The first-order valence-corrected chi connectivity index (χ1v) is 7.77. The molecule has 0 radical (unpaired) electrons. The van der Waals surface area contributed by atoms with Gasteiger partial charge in [0.25, 0.3) is 0 Å². The summed E-state index contributed by atoms with van der Waals surface area (Å²) < 4.78 is 0. The fourth-order valence-electron chi connectivity index (χ4n) is 3.96. The molecule has 1 aliphatic carbocycles. The zero-order chi connectivity index (χ0) is 14.3. The Balaban J connectivity index is 2.15. The van der Waals surface area contributed by atoms with E-state index >= 15 is 0 Å². The monoisotopic (exact) mass is 272 g/mol. The van der Waals surface area contributed by atoms with Crippen LogP contribution in [-0.2, 0) is 4.79 Å². The summed E-state index contributed by atoms with van der Waals surface area (Å²) in [4.78, 5) is 15.2. The Bertz CT molecular complexity index is 530. The van der Waals surface area contributed by atoms with Gasteiger partial charge in [-0.15, -0.1) is 0 Å². The zero-order valence-corrected chi connectivity index (χ0v) is 12.7. The lowest BCUT2D eigenvalue weighted by Gasteiger charge is -2.52. The van der Waals surface area contributed by atoms with Gasteiger partial charge in [0.15, 0.2) is 0 Å². The van der Waals surface area contributed by atoms with E-state index in [0.29, 0.717) is 6.04 Å². The molecule has 1 aromatic rings. The minimum atomic E-state index is -0.326.